The van der Waals surface area contributed by atoms with Crippen LogP contribution in [-0.4, -0.2) is 36.6 Å². The lowest BCUT2D eigenvalue weighted by Gasteiger charge is -2.35. The zero-order chi connectivity index (χ0) is 22.9. The van der Waals surface area contributed by atoms with Crippen molar-refractivity contribution >= 4 is 35.0 Å². The van der Waals surface area contributed by atoms with E-state index < -0.39 is 6.03 Å². The minimum Gasteiger partial charge on any atom is -0.495 e. The Balaban J connectivity index is 1.58. The Bertz CT molecular complexity index is 1270. The summed E-state index contributed by atoms with van der Waals surface area (Å²) in [6, 6.07) is 21.6. The highest BCUT2D eigenvalue weighted by Gasteiger charge is 2.40. The van der Waals surface area contributed by atoms with Crippen molar-refractivity contribution in [1.82, 2.24) is 4.90 Å². The van der Waals surface area contributed by atoms with E-state index in [0.717, 1.165) is 16.9 Å². The van der Waals surface area contributed by atoms with Gasteiger partial charge < -0.3 is 15.8 Å². The largest absolute Gasteiger partial charge is 0.495 e. The smallest absolute Gasteiger partial charge is 0.316 e. The number of hydrazone groups is 1. The molecule has 3 amide bonds. The molecule has 0 atom stereocenters. The Hall–Kier alpha value is -4.53. The molecule has 0 radical (unpaired) electrons. The number of nitrogens with zero attached hydrogens (tertiary/aromatic N) is 4. The van der Waals surface area contributed by atoms with Crippen LogP contribution in [0.5, 0.6) is 5.75 Å². The number of primary amides is 1. The molecule has 3 aromatic rings. The topological polar surface area (TPSA) is 104 Å². The highest BCUT2D eigenvalue weighted by Crippen LogP contribution is 2.37. The second-order valence-corrected chi connectivity index (χ2v) is 7.60. The first-order chi connectivity index (χ1) is 16.1. The highest BCUT2D eigenvalue weighted by molar-refractivity contribution is 6.19. The van der Waals surface area contributed by atoms with Gasteiger partial charge in [-0.05, 0) is 35.9 Å². The lowest BCUT2D eigenvalue weighted by molar-refractivity contribution is 0.0834. The summed E-state index contributed by atoms with van der Waals surface area (Å²) in [5.74, 6) is 1.01. The second kappa shape index (κ2) is 8.19. The summed E-state index contributed by atoms with van der Waals surface area (Å²) in [5, 5.41) is 9.23. The Kier molecular flexibility index (Phi) is 5.06. The maximum Gasteiger partial charge on any atom is 0.316 e. The zero-order valence-corrected chi connectivity index (χ0v) is 17.9. The quantitative estimate of drug-likeness (QED) is 0.630. The van der Waals surface area contributed by atoms with Gasteiger partial charge in [-0.3, -0.25) is 14.6 Å². The number of amides is 3. The van der Waals surface area contributed by atoms with Gasteiger partial charge in [-0.25, -0.2) is 9.80 Å². The van der Waals surface area contributed by atoms with Crippen LogP contribution in [0.4, 0.5) is 21.9 Å². The van der Waals surface area contributed by atoms with Gasteiger partial charge in [0.1, 0.15) is 18.1 Å². The number of hydrogen-bond donors (Lipinski definition) is 2. The maximum atomic E-state index is 13.5. The van der Waals surface area contributed by atoms with Gasteiger partial charge in [-0.15, -0.1) is 5.10 Å². The molecule has 3 aromatic carbocycles. The first kappa shape index (κ1) is 20.4. The first-order valence-electron chi connectivity index (χ1n) is 10.4. The summed E-state index contributed by atoms with van der Waals surface area (Å²) >= 11 is 0. The third-order valence-electron chi connectivity index (χ3n) is 5.61. The van der Waals surface area contributed by atoms with Crippen LogP contribution in [0.1, 0.15) is 15.9 Å². The van der Waals surface area contributed by atoms with Crippen LogP contribution >= 0.6 is 0 Å². The number of fused-ring (bicyclic) bond motifs is 3. The fourth-order valence-corrected chi connectivity index (χ4v) is 4.10. The van der Waals surface area contributed by atoms with E-state index in [-0.39, 0.29) is 12.5 Å². The number of rotatable bonds is 5. The van der Waals surface area contributed by atoms with Gasteiger partial charge in [0.25, 0.3) is 5.91 Å². The molecule has 0 aliphatic carbocycles. The SMILES string of the molecule is COc1ccccc1N1CN2C(=N1)N(Cc1ccccc1NC(N)=O)C(=O)c1ccccc12. The molecule has 2 aliphatic heterocycles. The fraction of sp³-hybridized carbons (Fsp3) is 0.125. The average molecular weight is 442 g/mol. The number of hydrogen-bond acceptors (Lipinski definition) is 6. The Morgan fingerprint density at radius 1 is 1.03 bits per heavy atom. The van der Waals surface area contributed by atoms with Crippen molar-refractivity contribution in [3.63, 3.8) is 0 Å². The summed E-state index contributed by atoms with van der Waals surface area (Å²) in [4.78, 5) is 28.6. The van der Waals surface area contributed by atoms with Crippen molar-refractivity contribution in [1.29, 1.82) is 0 Å². The molecule has 9 nitrogen and oxygen atoms in total. The number of carbonyl (C=O) groups excluding carboxylic acids is 2. The molecular formula is C24H22N6O3. The van der Waals surface area contributed by atoms with E-state index in [4.69, 9.17) is 15.6 Å². The summed E-state index contributed by atoms with van der Waals surface area (Å²) in [7, 11) is 1.61. The lowest BCUT2D eigenvalue weighted by atomic mass is 10.1. The average Bonchev–Trinajstić information content (AvgIpc) is 3.28. The minimum absolute atomic E-state index is 0.170. The van der Waals surface area contributed by atoms with Gasteiger partial charge >= 0.3 is 6.03 Å². The van der Waals surface area contributed by atoms with Gasteiger partial charge in [0.15, 0.2) is 0 Å². The Labute approximate surface area is 190 Å². The number of nitrogens with two attached hydrogens (primary N) is 1. The number of methoxy groups -OCH3 is 1. The lowest BCUT2D eigenvalue weighted by Crippen LogP contribution is -2.50. The number of ether oxygens (including phenoxy) is 1. The van der Waals surface area contributed by atoms with Crippen LogP contribution in [0, 0.1) is 0 Å². The molecule has 9 heteroatoms. The number of benzene rings is 3. The summed E-state index contributed by atoms with van der Waals surface area (Å²) in [6.45, 7) is 0.621. The van der Waals surface area contributed by atoms with Crippen molar-refractivity contribution in [2.75, 3.05) is 29.0 Å². The van der Waals surface area contributed by atoms with Gasteiger partial charge in [0, 0.05) is 5.69 Å². The molecule has 0 aromatic heterocycles. The molecule has 0 saturated heterocycles. The minimum atomic E-state index is -0.667. The maximum absolute atomic E-state index is 13.5. The summed E-state index contributed by atoms with van der Waals surface area (Å²) in [5.41, 5.74) is 8.78. The van der Waals surface area contributed by atoms with Crippen molar-refractivity contribution in [3.05, 3.63) is 83.9 Å². The van der Waals surface area contributed by atoms with E-state index in [9.17, 15) is 9.59 Å². The number of guanidine groups is 1. The van der Waals surface area contributed by atoms with Crippen LogP contribution in [0.3, 0.4) is 0 Å². The van der Waals surface area contributed by atoms with Crippen LogP contribution in [0.25, 0.3) is 0 Å². The zero-order valence-electron chi connectivity index (χ0n) is 17.9. The molecule has 33 heavy (non-hydrogen) atoms. The van der Waals surface area contributed by atoms with E-state index in [1.54, 1.807) is 30.2 Å². The second-order valence-electron chi connectivity index (χ2n) is 7.60. The number of urea groups is 1. The number of para-hydroxylation sites is 4. The van der Waals surface area contributed by atoms with Crippen molar-refractivity contribution in [2.24, 2.45) is 10.8 Å². The van der Waals surface area contributed by atoms with E-state index in [0.29, 0.717) is 29.6 Å². The van der Waals surface area contributed by atoms with E-state index in [1.165, 1.54) is 0 Å². The number of nitrogens with one attached hydrogen (secondary N) is 1. The Morgan fingerprint density at radius 2 is 1.73 bits per heavy atom. The highest BCUT2D eigenvalue weighted by atomic mass is 16.5. The number of carbonyl (C=O) groups is 2. The normalized spacial score (nSPS) is 14.5. The van der Waals surface area contributed by atoms with Gasteiger partial charge in [0.05, 0.1) is 24.9 Å². The van der Waals surface area contributed by atoms with Crippen molar-refractivity contribution in [3.8, 4) is 5.75 Å². The standard InChI is InChI=1S/C24H22N6O3/c1-33-21-13-7-6-12-20(21)30-15-29-19-11-5-3-9-17(19)22(31)28(24(29)27-30)14-16-8-2-4-10-18(16)26-23(25)32/h2-13H,14-15H2,1H3,(H3,25,26,32). The molecule has 166 valence electrons. The molecule has 2 aliphatic rings. The molecule has 0 bridgehead atoms. The molecular weight excluding hydrogens is 420 g/mol. The molecule has 0 fully saturated rings. The van der Waals surface area contributed by atoms with Gasteiger partial charge in [0.2, 0.25) is 5.96 Å². The molecule has 0 spiro atoms. The monoisotopic (exact) mass is 442 g/mol. The third-order valence-corrected chi connectivity index (χ3v) is 5.61. The molecule has 2 heterocycles. The molecule has 0 unspecified atom stereocenters. The predicted octanol–water partition coefficient (Wildman–Crippen LogP) is 3.40. The molecule has 5 rings (SSSR count). The van der Waals surface area contributed by atoms with Crippen molar-refractivity contribution in [2.45, 2.75) is 6.54 Å². The van der Waals surface area contributed by atoms with E-state index >= 15 is 0 Å². The summed E-state index contributed by atoms with van der Waals surface area (Å²) in [6.07, 6.45) is 0. The summed E-state index contributed by atoms with van der Waals surface area (Å²) < 4.78 is 5.51. The fourth-order valence-electron chi connectivity index (χ4n) is 4.10. The Morgan fingerprint density at radius 3 is 2.52 bits per heavy atom. The molecule has 3 N–H and O–H groups in total. The predicted molar refractivity (Wildman–Crippen MR) is 126 cm³/mol. The molecule has 0 saturated carbocycles. The number of anilines is 3. The van der Waals surface area contributed by atoms with Gasteiger partial charge in [-0.1, -0.05) is 42.5 Å². The van der Waals surface area contributed by atoms with Crippen LogP contribution in [-0.2, 0) is 6.54 Å². The van der Waals surface area contributed by atoms with Gasteiger partial charge in [-0.2, -0.15) is 0 Å². The third kappa shape index (κ3) is 3.59. The van der Waals surface area contributed by atoms with Crippen LogP contribution < -0.4 is 25.7 Å². The van der Waals surface area contributed by atoms with Crippen molar-refractivity contribution < 1.29 is 14.3 Å². The van der Waals surface area contributed by atoms with E-state index in [2.05, 4.69) is 5.32 Å². The first-order valence-corrected chi connectivity index (χ1v) is 10.4. The van der Waals surface area contributed by atoms with Crippen LogP contribution in [0.2, 0.25) is 0 Å². The van der Waals surface area contributed by atoms with Crippen LogP contribution in [0.15, 0.2) is 77.9 Å². The van der Waals surface area contributed by atoms with E-state index in [1.807, 2.05) is 64.5 Å².